The third kappa shape index (κ3) is 2.31. The molecule has 1 atom stereocenters. The van der Waals surface area contributed by atoms with Gasteiger partial charge in [-0.3, -0.25) is 0 Å². The van der Waals surface area contributed by atoms with Crippen LogP contribution < -0.4 is 10.2 Å². The maximum atomic E-state index is 9.61. The molecule has 6 nitrogen and oxygen atoms in total. The van der Waals surface area contributed by atoms with E-state index in [9.17, 15) is 5.11 Å². The van der Waals surface area contributed by atoms with Gasteiger partial charge in [0.2, 0.25) is 0 Å². The van der Waals surface area contributed by atoms with Crippen LogP contribution in [-0.4, -0.2) is 45.2 Å². The average molecular weight is 275 g/mol. The van der Waals surface area contributed by atoms with Crippen molar-refractivity contribution in [3.05, 3.63) is 18.6 Å². The summed E-state index contributed by atoms with van der Waals surface area (Å²) in [6.45, 7) is 3.98. The van der Waals surface area contributed by atoms with Gasteiger partial charge >= 0.3 is 0 Å². The molecule has 6 heteroatoms. The van der Waals surface area contributed by atoms with Gasteiger partial charge in [-0.2, -0.15) is 0 Å². The number of anilines is 2. The fourth-order valence-corrected chi connectivity index (χ4v) is 2.84. The summed E-state index contributed by atoms with van der Waals surface area (Å²) in [5, 5.41) is 12.9. The fraction of sp³-hybridized carbons (Fsp3) is 0.571. The van der Waals surface area contributed by atoms with Crippen molar-refractivity contribution in [1.82, 2.24) is 14.4 Å². The molecule has 0 amide bonds. The van der Waals surface area contributed by atoms with Gasteiger partial charge in [0.05, 0.1) is 18.8 Å². The molecule has 1 aliphatic heterocycles. The normalized spacial score (nSPS) is 19.5. The van der Waals surface area contributed by atoms with E-state index in [1.54, 1.807) is 6.20 Å². The molecule has 0 aliphatic carbocycles. The van der Waals surface area contributed by atoms with Crippen molar-refractivity contribution in [2.75, 3.05) is 29.9 Å². The monoisotopic (exact) mass is 275 g/mol. The van der Waals surface area contributed by atoms with Crippen LogP contribution in [0.25, 0.3) is 5.65 Å². The molecule has 0 aromatic carbocycles. The van der Waals surface area contributed by atoms with E-state index in [0.29, 0.717) is 0 Å². The molecule has 1 unspecified atom stereocenters. The van der Waals surface area contributed by atoms with E-state index in [1.807, 2.05) is 16.8 Å². The van der Waals surface area contributed by atoms with E-state index in [-0.39, 0.29) is 12.6 Å². The Kier molecular flexibility index (Phi) is 3.73. The molecule has 2 aromatic rings. The number of nitrogens with one attached hydrogen (secondary N) is 1. The molecular formula is C14H21N5O. The Balaban J connectivity index is 2.05. The van der Waals surface area contributed by atoms with Crippen LogP contribution in [0.5, 0.6) is 0 Å². The molecule has 0 bridgehead atoms. The highest BCUT2D eigenvalue weighted by molar-refractivity contribution is 5.67. The number of nitrogens with zero attached hydrogens (tertiary/aromatic N) is 4. The molecule has 0 radical (unpaired) electrons. The highest BCUT2D eigenvalue weighted by atomic mass is 16.3. The second-order valence-corrected chi connectivity index (χ2v) is 5.16. The summed E-state index contributed by atoms with van der Waals surface area (Å²) in [5.74, 6) is 1.71. The van der Waals surface area contributed by atoms with Crippen LogP contribution in [0.15, 0.2) is 18.6 Å². The van der Waals surface area contributed by atoms with E-state index in [2.05, 4.69) is 22.1 Å². The SMILES string of the molecule is CCNc1cn2ccnc2c(N2CCCCC2CO)n1. The smallest absolute Gasteiger partial charge is 0.180 e. The van der Waals surface area contributed by atoms with Crippen molar-refractivity contribution >= 4 is 17.3 Å². The van der Waals surface area contributed by atoms with E-state index in [0.717, 1.165) is 43.2 Å². The number of aliphatic hydroxyl groups is 1. The van der Waals surface area contributed by atoms with Gasteiger partial charge in [-0.1, -0.05) is 0 Å². The number of rotatable bonds is 4. The minimum Gasteiger partial charge on any atom is -0.394 e. The standard InChI is InChI=1S/C14H21N5O/c1-2-15-12-9-18-8-6-16-13(18)14(17-12)19-7-4-3-5-11(19)10-20/h6,8-9,11,15,20H,2-5,7,10H2,1H3. The fourth-order valence-electron chi connectivity index (χ4n) is 2.84. The Morgan fingerprint density at radius 2 is 2.35 bits per heavy atom. The number of aliphatic hydroxyl groups excluding tert-OH is 1. The minimum absolute atomic E-state index is 0.147. The van der Waals surface area contributed by atoms with Crippen LogP contribution in [-0.2, 0) is 0 Å². The van der Waals surface area contributed by atoms with Gasteiger partial charge in [-0.15, -0.1) is 0 Å². The van der Waals surface area contributed by atoms with Crippen LogP contribution in [0, 0.1) is 0 Å². The minimum atomic E-state index is 0.147. The lowest BCUT2D eigenvalue weighted by Gasteiger charge is -2.35. The molecule has 0 spiro atoms. The highest BCUT2D eigenvalue weighted by Crippen LogP contribution is 2.27. The topological polar surface area (TPSA) is 65.7 Å². The highest BCUT2D eigenvalue weighted by Gasteiger charge is 2.25. The number of hydrogen-bond acceptors (Lipinski definition) is 5. The first-order valence-electron chi connectivity index (χ1n) is 7.28. The molecule has 2 N–H and O–H groups in total. The third-order valence-corrected chi connectivity index (χ3v) is 3.82. The van der Waals surface area contributed by atoms with Crippen molar-refractivity contribution < 1.29 is 5.11 Å². The Morgan fingerprint density at radius 1 is 1.45 bits per heavy atom. The Hall–Kier alpha value is -1.82. The van der Waals surface area contributed by atoms with Crippen LogP contribution >= 0.6 is 0 Å². The average Bonchev–Trinajstić information content (AvgIpc) is 2.95. The van der Waals surface area contributed by atoms with Gasteiger partial charge in [-0.25, -0.2) is 9.97 Å². The number of imidazole rings is 1. The molecule has 1 saturated heterocycles. The number of fused-ring (bicyclic) bond motifs is 1. The first-order valence-corrected chi connectivity index (χ1v) is 7.28. The summed E-state index contributed by atoms with van der Waals surface area (Å²) in [6.07, 6.45) is 8.98. The van der Waals surface area contributed by atoms with E-state index >= 15 is 0 Å². The molecular weight excluding hydrogens is 254 g/mol. The Labute approximate surface area is 118 Å². The van der Waals surface area contributed by atoms with Crippen molar-refractivity contribution in [2.24, 2.45) is 0 Å². The first-order chi connectivity index (χ1) is 9.83. The summed E-state index contributed by atoms with van der Waals surface area (Å²) in [6, 6.07) is 0.147. The molecule has 108 valence electrons. The van der Waals surface area contributed by atoms with E-state index < -0.39 is 0 Å². The summed E-state index contributed by atoms with van der Waals surface area (Å²) in [5.41, 5.74) is 0.854. The molecule has 0 saturated carbocycles. The number of hydrogen-bond donors (Lipinski definition) is 2. The zero-order chi connectivity index (χ0) is 13.9. The molecule has 2 aromatic heterocycles. The van der Waals surface area contributed by atoms with Gasteiger partial charge in [-0.05, 0) is 26.2 Å². The van der Waals surface area contributed by atoms with Crippen molar-refractivity contribution in [2.45, 2.75) is 32.2 Å². The summed E-state index contributed by atoms with van der Waals surface area (Å²) in [7, 11) is 0. The number of aromatic nitrogens is 3. The van der Waals surface area contributed by atoms with Crippen LogP contribution in [0.1, 0.15) is 26.2 Å². The van der Waals surface area contributed by atoms with Crippen molar-refractivity contribution in [3.8, 4) is 0 Å². The Bertz CT molecular complexity index is 582. The van der Waals surface area contributed by atoms with Gasteiger partial charge in [0, 0.05) is 25.5 Å². The second-order valence-electron chi connectivity index (χ2n) is 5.16. The third-order valence-electron chi connectivity index (χ3n) is 3.82. The van der Waals surface area contributed by atoms with Gasteiger partial charge in [0.25, 0.3) is 0 Å². The van der Waals surface area contributed by atoms with Crippen LogP contribution in [0.3, 0.4) is 0 Å². The molecule has 1 aliphatic rings. The molecule has 3 rings (SSSR count). The summed E-state index contributed by atoms with van der Waals surface area (Å²) < 4.78 is 1.99. The molecule has 20 heavy (non-hydrogen) atoms. The predicted molar refractivity (Wildman–Crippen MR) is 79.2 cm³/mol. The number of piperidine rings is 1. The molecule has 1 fully saturated rings. The maximum absolute atomic E-state index is 9.61. The Morgan fingerprint density at radius 3 is 3.15 bits per heavy atom. The largest absolute Gasteiger partial charge is 0.394 e. The van der Waals surface area contributed by atoms with E-state index in [4.69, 9.17) is 4.98 Å². The predicted octanol–water partition coefficient (Wildman–Crippen LogP) is 1.51. The maximum Gasteiger partial charge on any atom is 0.180 e. The zero-order valence-electron chi connectivity index (χ0n) is 11.8. The first kappa shape index (κ1) is 13.2. The second kappa shape index (κ2) is 5.66. The lowest BCUT2D eigenvalue weighted by atomic mass is 10.0. The van der Waals surface area contributed by atoms with E-state index in [1.165, 1.54) is 6.42 Å². The quantitative estimate of drug-likeness (QED) is 0.885. The van der Waals surface area contributed by atoms with Crippen LogP contribution in [0.2, 0.25) is 0 Å². The van der Waals surface area contributed by atoms with Gasteiger partial charge in [0.1, 0.15) is 5.82 Å². The van der Waals surface area contributed by atoms with Gasteiger partial charge < -0.3 is 19.7 Å². The lowest BCUT2D eigenvalue weighted by Crippen LogP contribution is -2.42. The summed E-state index contributed by atoms with van der Waals surface area (Å²) >= 11 is 0. The van der Waals surface area contributed by atoms with Crippen LogP contribution in [0.4, 0.5) is 11.6 Å². The summed E-state index contributed by atoms with van der Waals surface area (Å²) in [4.78, 5) is 11.3. The zero-order valence-corrected chi connectivity index (χ0v) is 11.8. The van der Waals surface area contributed by atoms with Crippen molar-refractivity contribution in [3.63, 3.8) is 0 Å². The molecule has 3 heterocycles. The lowest BCUT2D eigenvalue weighted by molar-refractivity contribution is 0.239. The van der Waals surface area contributed by atoms with Crippen molar-refractivity contribution in [1.29, 1.82) is 0 Å². The van der Waals surface area contributed by atoms with Gasteiger partial charge in [0.15, 0.2) is 11.5 Å².